The van der Waals surface area contributed by atoms with Gasteiger partial charge in [0, 0.05) is 12.0 Å². The van der Waals surface area contributed by atoms with Gasteiger partial charge in [-0.2, -0.15) is 0 Å². The van der Waals surface area contributed by atoms with E-state index < -0.39 is 0 Å². The van der Waals surface area contributed by atoms with Crippen molar-refractivity contribution in [2.24, 2.45) is 11.7 Å². The maximum atomic E-state index is 12.6. The number of hydrogen-bond acceptors (Lipinski definition) is 2. The molecule has 0 radical (unpaired) electrons. The topological polar surface area (TPSA) is 46.3 Å². The lowest BCUT2D eigenvalue weighted by Gasteiger charge is -2.33. The van der Waals surface area contributed by atoms with Crippen LogP contribution in [0.1, 0.15) is 57.8 Å². The fourth-order valence-corrected chi connectivity index (χ4v) is 3.49. The van der Waals surface area contributed by atoms with Crippen LogP contribution < -0.4 is 5.73 Å². The first-order chi connectivity index (χ1) is 8.68. The molecule has 0 unspecified atom stereocenters. The van der Waals surface area contributed by atoms with Crippen LogP contribution in [0.25, 0.3) is 0 Å². The fraction of sp³-hybridized carbons (Fsp3) is 0.857. The van der Waals surface area contributed by atoms with Crippen molar-refractivity contribution in [3.05, 3.63) is 0 Å². The lowest BCUT2D eigenvalue weighted by atomic mass is 9.88. The molecule has 1 amide bonds. The van der Waals surface area contributed by atoms with E-state index in [1.165, 1.54) is 32.1 Å². The summed E-state index contributed by atoms with van der Waals surface area (Å²) in [4.78, 5) is 15.1. The van der Waals surface area contributed by atoms with E-state index in [9.17, 15) is 4.79 Å². The van der Waals surface area contributed by atoms with E-state index in [0.717, 1.165) is 25.7 Å². The van der Waals surface area contributed by atoms with E-state index in [0.29, 0.717) is 23.5 Å². The van der Waals surface area contributed by atoms with Gasteiger partial charge in [-0.15, -0.1) is 0 Å². The van der Waals surface area contributed by atoms with Gasteiger partial charge < -0.3 is 10.6 Å². The molecule has 2 rings (SSSR count). The Labute approximate surface area is 115 Å². The van der Waals surface area contributed by atoms with Crippen molar-refractivity contribution in [2.45, 2.75) is 63.8 Å². The molecule has 0 aromatic carbocycles. The quantitative estimate of drug-likeness (QED) is 0.797. The molecule has 3 nitrogen and oxygen atoms in total. The zero-order valence-electron chi connectivity index (χ0n) is 11.1. The molecule has 0 aromatic rings. The predicted molar refractivity (Wildman–Crippen MR) is 77.3 cm³/mol. The largest absolute Gasteiger partial charge is 0.392 e. The molecule has 0 aliphatic heterocycles. The SMILES string of the molecule is NC(=S)CN(C(=O)C1CCCCC1)C1CCCC1. The van der Waals surface area contributed by atoms with Crippen molar-refractivity contribution in [2.75, 3.05) is 6.54 Å². The summed E-state index contributed by atoms with van der Waals surface area (Å²) in [5.74, 6) is 0.545. The van der Waals surface area contributed by atoms with Crippen LogP contribution in [0.2, 0.25) is 0 Å². The molecular formula is C14H24N2OS. The zero-order valence-corrected chi connectivity index (χ0v) is 11.9. The van der Waals surface area contributed by atoms with E-state index in [1.54, 1.807) is 0 Å². The molecule has 0 saturated heterocycles. The van der Waals surface area contributed by atoms with Gasteiger partial charge in [0.25, 0.3) is 0 Å². The highest BCUT2D eigenvalue weighted by Crippen LogP contribution is 2.29. The third-order valence-electron chi connectivity index (χ3n) is 4.33. The monoisotopic (exact) mass is 268 g/mol. The first-order valence-corrected chi connectivity index (χ1v) is 7.68. The van der Waals surface area contributed by atoms with Crippen molar-refractivity contribution in [3.8, 4) is 0 Å². The maximum absolute atomic E-state index is 12.6. The van der Waals surface area contributed by atoms with Crippen LogP contribution in [0.4, 0.5) is 0 Å². The third kappa shape index (κ3) is 3.44. The molecule has 2 aliphatic carbocycles. The normalized spacial score (nSPS) is 22.0. The van der Waals surface area contributed by atoms with Crippen molar-refractivity contribution < 1.29 is 4.79 Å². The highest BCUT2D eigenvalue weighted by atomic mass is 32.1. The van der Waals surface area contributed by atoms with Gasteiger partial charge in [0.1, 0.15) is 0 Å². The summed E-state index contributed by atoms with van der Waals surface area (Å²) in [7, 11) is 0. The fourth-order valence-electron chi connectivity index (χ4n) is 3.35. The number of carbonyl (C=O) groups is 1. The number of carbonyl (C=O) groups excluding carboxylic acids is 1. The van der Waals surface area contributed by atoms with Crippen molar-refractivity contribution in [1.29, 1.82) is 0 Å². The Morgan fingerprint density at radius 1 is 1.06 bits per heavy atom. The Balaban J connectivity index is 2.01. The van der Waals surface area contributed by atoms with Crippen molar-refractivity contribution in [3.63, 3.8) is 0 Å². The number of thiocarbonyl (C=S) groups is 1. The Bertz CT molecular complexity index is 307. The molecule has 4 heteroatoms. The molecule has 2 aliphatic rings. The van der Waals surface area contributed by atoms with Crippen LogP contribution in [0.3, 0.4) is 0 Å². The van der Waals surface area contributed by atoms with Gasteiger partial charge in [0.15, 0.2) is 0 Å². The minimum Gasteiger partial charge on any atom is -0.392 e. The predicted octanol–water partition coefficient (Wildman–Crippen LogP) is 2.62. The summed E-state index contributed by atoms with van der Waals surface area (Å²) in [5.41, 5.74) is 5.67. The first kappa shape index (κ1) is 13.8. The number of hydrogen-bond donors (Lipinski definition) is 1. The van der Waals surface area contributed by atoms with Crippen LogP contribution in [0, 0.1) is 5.92 Å². The standard InChI is InChI=1S/C14H24N2OS/c15-13(18)10-16(12-8-4-5-9-12)14(17)11-6-2-1-3-7-11/h11-12H,1-10H2,(H2,15,18). The van der Waals surface area contributed by atoms with Gasteiger partial charge in [-0.05, 0) is 25.7 Å². The summed E-state index contributed by atoms with van der Waals surface area (Å²) in [5, 5.41) is 0. The van der Waals surface area contributed by atoms with Crippen molar-refractivity contribution >= 4 is 23.1 Å². The average Bonchev–Trinajstić information content (AvgIpc) is 2.89. The first-order valence-electron chi connectivity index (χ1n) is 7.27. The van der Waals surface area contributed by atoms with E-state index in [1.807, 2.05) is 4.90 Å². The highest BCUT2D eigenvalue weighted by molar-refractivity contribution is 7.80. The van der Waals surface area contributed by atoms with Gasteiger partial charge in [0.2, 0.25) is 5.91 Å². The van der Waals surface area contributed by atoms with Crippen LogP contribution in [-0.2, 0) is 4.79 Å². The molecule has 2 saturated carbocycles. The molecule has 102 valence electrons. The second-order valence-corrected chi connectivity index (χ2v) is 6.23. The minimum absolute atomic E-state index is 0.230. The summed E-state index contributed by atoms with van der Waals surface area (Å²) >= 11 is 5.01. The lowest BCUT2D eigenvalue weighted by molar-refractivity contribution is -0.138. The van der Waals surface area contributed by atoms with Crippen LogP contribution in [0.5, 0.6) is 0 Å². The van der Waals surface area contributed by atoms with E-state index in [2.05, 4.69) is 0 Å². The van der Waals surface area contributed by atoms with Crippen LogP contribution >= 0.6 is 12.2 Å². The summed E-state index contributed by atoms with van der Waals surface area (Å²) in [6.07, 6.45) is 10.5. The van der Waals surface area contributed by atoms with Gasteiger partial charge in [-0.1, -0.05) is 44.3 Å². The Kier molecular flexibility index (Phi) is 4.98. The maximum Gasteiger partial charge on any atom is 0.226 e. The molecule has 0 aromatic heterocycles. The second-order valence-electron chi connectivity index (χ2n) is 5.71. The Morgan fingerprint density at radius 2 is 1.61 bits per heavy atom. The van der Waals surface area contributed by atoms with E-state index >= 15 is 0 Å². The molecule has 18 heavy (non-hydrogen) atoms. The van der Waals surface area contributed by atoms with E-state index in [-0.39, 0.29) is 5.92 Å². The summed E-state index contributed by atoms with van der Waals surface area (Å²) in [6, 6.07) is 0.390. The molecule has 0 atom stereocenters. The molecule has 2 N–H and O–H groups in total. The van der Waals surface area contributed by atoms with Crippen LogP contribution in [-0.4, -0.2) is 28.4 Å². The Morgan fingerprint density at radius 3 is 2.17 bits per heavy atom. The van der Waals surface area contributed by atoms with Gasteiger partial charge >= 0.3 is 0 Å². The minimum atomic E-state index is 0.230. The smallest absolute Gasteiger partial charge is 0.226 e. The van der Waals surface area contributed by atoms with Gasteiger partial charge in [0.05, 0.1) is 11.5 Å². The van der Waals surface area contributed by atoms with Gasteiger partial charge in [-0.25, -0.2) is 0 Å². The summed E-state index contributed by atoms with van der Waals surface area (Å²) < 4.78 is 0. The zero-order chi connectivity index (χ0) is 13.0. The molecule has 0 bridgehead atoms. The molecular weight excluding hydrogens is 244 g/mol. The van der Waals surface area contributed by atoms with E-state index in [4.69, 9.17) is 18.0 Å². The Hall–Kier alpha value is -0.640. The molecule has 0 spiro atoms. The van der Waals surface area contributed by atoms with Crippen LogP contribution in [0.15, 0.2) is 0 Å². The number of nitrogens with two attached hydrogens (primary N) is 1. The van der Waals surface area contributed by atoms with Crippen molar-refractivity contribution in [1.82, 2.24) is 4.90 Å². The number of amides is 1. The average molecular weight is 268 g/mol. The second kappa shape index (κ2) is 6.50. The number of nitrogens with zero attached hydrogens (tertiary/aromatic N) is 1. The lowest BCUT2D eigenvalue weighted by Crippen LogP contribution is -2.46. The summed E-state index contributed by atoms with van der Waals surface area (Å²) in [6.45, 7) is 0.481. The number of rotatable bonds is 4. The third-order valence-corrected chi connectivity index (χ3v) is 4.46. The molecule has 2 fully saturated rings. The van der Waals surface area contributed by atoms with Gasteiger partial charge in [-0.3, -0.25) is 4.79 Å². The highest BCUT2D eigenvalue weighted by Gasteiger charge is 2.32. The molecule has 0 heterocycles.